The molecule has 2 atom stereocenters. The van der Waals surface area contributed by atoms with Crippen LogP contribution in [0.3, 0.4) is 0 Å². The van der Waals surface area contributed by atoms with Gasteiger partial charge in [-0.3, -0.25) is 4.72 Å². The molecule has 0 bridgehead atoms. The van der Waals surface area contributed by atoms with Crippen LogP contribution in [0.15, 0.2) is 29.6 Å². The van der Waals surface area contributed by atoms with Gasteiger partial charge in [-0.25, -0.2) is 13.4 Å². The van der Waals surface area contributed by atoms with Crippen molar-refractivity contribution in [2.24, 2.45) is 0 Å². The second-order valence-corrected chi connectivity index (χ2v) is 8.79. The number of thiazole rings is 1. The van der Waals surface area contributed by atoms with E-state index in [-0.39, 0.29) is 0 Å². The van der Waals surface area contributed by atoms with Gasteiger partial charge in [0.1, 0.15) is 5.25 Å². The summed E-state index contributed by atoms with van der Waals surface area (Å²) in [6, 6.07) is 7.05. The van der Waals surface area contributed by atoms with Gasteiger partial charge in [0, 0.05) is 11.1 Å². The van der Waals surface area contributed by atoms with Gasteiger partial charge in [-0.05, 0) is 38.0 Å². The maximum absolute atomic E-state index is 12.5. The number of hydrogen-bond donors (Lipinski definition) is 3. The Morgan fingerprint density at radius 3 is 2.71 bits per heavy atom. The summed E-state index contributed by atoms with van der Waals surface area (Å²) in [5.41, 5.74) is 2.17. The zero-order chi connectivity index (χ0) is 17.2. The fraction of sp³-hybridized carbons (Fsp3) is 0.438. The number of aliphatic hydroxyl groups excluding tert-OH is 1. The van der Waals surface area contributed by atoms with Gasteiger partial charge in [0.15, 0.2) is 5.13 Å². The molecule has 1 aromatic heterocycles. The number of nitrogens with one attached hydrogen (secondary N) is 2. The molecule has 3 rings (SSSR count). The first-order valence-corrected chi connectivity index (χ1v) is 10.4. The van der Waals surface area contributed by atoms with E-state index in [0.717, 1.165) is 29.4 Å². The van der Waals surface area contributed by atoms with Gasteiger partial charge in [0.2, 0.25) is 10.0 Å². The van der Waals surface area contributed by atoms with E-state index in [2.05, 4.69) is 15.0 Å². The molecule has 0 aliphatic heterocycles. The third kappa shape index (κ3) is 4.06. The van der Waals surface area contributed by atoms with Crippen LogP contribution in [-0.4, -0.2) is 29.9 Å². The predicted molar refractivity (Wildman–Crippen MR) is 97.4 cm³/mol. The van der Waals surface area contributed by atoms with Gasteiger partial charge < -0.3 is 10.4 Å². The molecule has 0 spiro atoms. The molecule has 2 unspecified atom stereocenters. The SMILES string of the molecule is Cc1csc(Nc2cccc(NS(=O)(=O)C3CCCCC3O)c2)n1. The Morgan fingerprint density at radius 2 is 2.00 bits per heavy atom. The van der Waals surface area contributed by atoms with E-state index >= 15 is 0 Å². The summed E-state index contributed by atoms with van der Waals surface area (Å²) in [7, 11) is -3.61. The van der Waals surface area contributed by atoms with Crippen LogP contribution in [0.2, 0.25) is 0 Å². The molecule has 130 valence electrons. The lowest BCUT2D eigenvalue weighted by Gasteiger charge is -2.27. The minimum atomic E-state index is -3.61. The van der Waals surface area contributed by atoms with Crippen LogP contribution in [0.1, 0.15) is 31.4 Å². The van der Waals surface area contributed by atoms with Gasteiger partial charge in [0.05, 0.1) is 17.5 Å². The van der Waals surface area contributed by atoms with E-state index in [9.17, 15) is 13.5 Å². The molecular weight excluding hydrogens is 346 g/mol. The Kier molecular flexibility index (Phi) is 5.07. The molecule has 6 nitrogen and oxygen atoms in total. The fourth-order valence-electron chi connectivity index (χ4n) is 2.87. The first-order chi connectivity index (χ1) is 11.4. The van der Waals surface area contributed by atoms with Crippen LogP contribution in [0.4, 0.5) is 16.5 Å². The van der Waals surface area contributed by atoms with E-state index in [4.69, 9.17) is 0 Å². The lowest BCUT2D eigenvalue weighted by atomic mass is 9.97. The van der Waals surface area contributed by atoms with Crippen molar-refractivity contribution in [3.63, 3.8) is 0 Å². The number of sulfonamides is 1. The van der Waals surface area contributed by atoms with Crippen molar-refractivity contribution in [1.82, 2.24) is 4.98 Å². The molecular formula is C16H21N3O3S2. The molecule has 1 heterocycles. The standard InChI is InChI=1S/C16H21N3O3S2/c1-11-10-23-16(17-11)18-12-5-4-6-13(9-12)19-24(21,22)15-8-3-2-7-14(15)20/h4-6,9-10,14-15,19-20H,2-3,7-8H2,1H3,(H,17,18). The first-order valence-electron chi connectivity index (χ1n) is 7.93. The predicted octanol–water partition coefficient (Wildman–Crippen LogP) is 3.24. The van der Waals surface area contributed by atoms with Gasteiger partial charge in [-0.1, -0.05) is 18.9 Å². The van der Waals surface area contributed by atoms with Gasteiger partial charge in [0.25, 0.3) is 0 Å². The minimum Gasteiger partial charge on any atom is -0.392 e. The van der Waals surface area contributed by atoms with Crippen LogP contribution in [0.25, 0.3) is 0 Å². The fourth-order valence-corrected chi connectivity index (χ4v) is 5.22. The molecule has 0 radical (unpaired) electrons. The van der Waals surface area contributed by atoms with Crippen LogP contribution < -0.4 is 10.0 Å². The lowest BCUT2D eigenvalue weighted by molar-refractivity contribution is 0.133. The van der Waals surface area contributed by atoms with E-state index in [1.807, 2.05) is 18.4 Å². The number of aliphatic hydroxyl groups is 1. The number of hydrogen-bond acceptors (Lipinski definition) is 6. The summed E-state index contributed by atoms with van der Waals surface area (Å²) >= 11 is 1.49. The van der Waals surface area contributed by atoms with Crippen LogP contribution in [0, 0.1) is 6.92 Å². The van der Waals surface area contributed by atoms with E-state index in [1.54, 1.807) is 18.2 Å². The van der Waals surface area contributed by atoms with Crippen LogP contribution in [-0.2, 0) is 10.0 Å². The Balaban J connectivity index is 1.74. The second-order valence-electron chi connectivity index (χ2n) is 6.04. The number of rotatable bonds is 5. The molecule has 0 amide bonds. The van der Waals surface area contributed by atoms with Crippen LogP contribution >= 0.6 is 11.3 Å². The molecule has 24 heavy (non-hydrogen) atoms. The Morgan fingerprint density at radius 1 is 1.25 bits per heavy atom. The molecule has 1 aliphatic carbocycles. The highest BCUT2D eigenvalue weighted by Gasteiger charge is 2.34. The van der Waals surface area contributed by atoms with Crippen molar-refractivity contribution in [2.75, 3.05) is 10.0 Å². The van der Waals surface area contributed by atoms with E-state index in [0.29, 0.717) is 18.5 Å². The average molecular weight is 367 g/mol. The maximum atomic E-state index is 12.5. The number of nitrogens with zero attached hydrogens (tertiary/aromatic N) is 1. The number of benzene rings is 1. The van der Waals surface area contributed by atoms with Crippen molar-refractivity contribution >= 4 is 37.9 Å². The largest absolute Gasteiger partial charge is 0.392 e. The molecule has 3 N–H and O–H groups in total. The summed E-state index contributed by atoms with van der Waals surface area (Å²) in [6.45, 7) is 1.92. The summed E-state index contributed by atoms with van der Waals surface area (Å²) in [4.78, 5) is 4.33. The first kappa shape index (κ1) is 17.2. The van der Waals surface area contributed by atoms with Crippen molar-refractivity contribution in [2.45, 2.75) is 44.0 Å². The molecule has 1 aromatic carbocycles. The Labute approximate surface area is 146 Å². The van der Waals surface area contributed by atoms with Crippen molar-refractivity contribution in [3.05, 3.63) is 35.3 Å². The van der Waals surface area contributed by atoms with Gasteiger partial charge in [-0.2, -0.15) is 0 Å². The quantitative estimate of drug-likeness (QED) is 0.755. The monoisotopic (exact) mass is 367 g/mol. The molecule has 0 saturated heterocycles. The zero-order valence-electron chi connectivity index (χ0n) is 13.4. The average Bonchev–Trinajstić information content (AvgIpc) is 2.92. The van der Waals surface area contributed by atoms with Gasteiger partial charge >= 0.3 is 0 Å². The highest BCUT2D eigenvalue weighted by molar-refractivity contribution is 7.93. The number of anilines is 3. The summed E-state index contributed by atoms with van der Waals surface area (Å²) in [5, 5.41) is 15.1. The summed E-state index contributed by atoms with van der Waals surface area (Å²) in [5.74, 6) is 0. The third-order valence-electron chi connectivity index (χ3n) is 4.06. The van der Waals surface area contributed by atoms with Crippen molar-refractivity contribution < 1.29 is 13.5 Å². The number of aryl methyl sites for hydroxylation is 1. The highest BCUT2D eigenvalue weighted by Crippen LogP contribution is 2.27. The molecule has 1 fully saturated rings. The number of aromatic nitrogens is 1. The lowest BCUT2D eigenvalue weighted by Crippen LogP contribution is -2.40. The Bertz CT molecular complexity index is 804. The maximum Gasteiger partial charge on any atom is 0.238 e. The van der Waals surface area contributed by atoms with E-state index < -0.39 is 21.4 Å². The van der Waals surface area contributed by atoms with Crippen molar-refractivity contribution in [1.29, 1.82) is 0 Å². The smallest absolute Gasteiger partial charge is 0.238 e. The molecule has 1 aliphatic rings. The molecule has 1 saturated carbocycles. The second kappa shape index (κ2) is 7.08. The molecule has 8 heteroatoms. The topological polar surface area (TPSA) is 91.3 Å². The highest BCUT2D eigenvalue weighted by atomic mass is 32.2. The minimum absolute atomic E-state index is 0.478. The summed E-state index contributed by atoms with van der Waals surface area (Å²) in [6.07, 6.45) is 1.94. The Hall–Kier alpha value is -1.64. The molecule has 2 aromatic rings. The van der Waals surface area contributed by atoms with Crippen LogP contribution in [0.5, 0.6) is 0 Å². The van der Waals surface area contributed by atoms with Gasteiger partial charge in [-0.15, -0.1) is 11.3 Å². The third-order valence-corrected chi connectivity index (χ3v) is 6.80. The van der Waals surface area contributed by atoms with Crippen molar-refractivity contribution in [3.8, 4) is 0 Å². The zero-order valence-corrected chi connectivity index (χ0v) is 15.0. The van der Waals surface area contributed by atoms with E-state index in [1.165, 1.54) is 11.3 Å². The normalized spacial score (nSPS) is 21.4. The summed E-state index contributed by atoms with van der Waals surface area (Å²) < 4.78 is 27.7.